The maximum absolute atomic E-state index is 13.7. The molecule has 1 fully saturated rings. The molecule has 190 valence electrons. The van der Waals surface area contributed by atoms with E-state index < -0.39 is 11.7 Å². The molecule has 0 saturated heterocycles. The maximum Gasteiger partial charge on any atom is 0.419 e. The van der Waals surface area contributed by atoms with Crippen LogP contribution in [0.2, 0.25) is 0 Å². The number of nitrogens with zero attached hydrogens (tertiary/aromatic N) is 4. The van der Waals surface area contributed by atoms with Crippen LogP contribution in [0.3, 0.4) is 0 Å². The van der Waals surface area contributed by atoms with Crippen LogP contribution in [0.15, 0.2) is 24.7 Å². The van der Waals surface area contributed by atoms with Gasteiger partial charge < -0.3 is 9.47 Å². The van der Waals surface area contributed by atoms with Crippen molar-refractivity contribution in [2.45, 2.75) is 72.3 Å². The van der Waals surface area contributed by atoms with Crippen LogP contribution in [-0.4, -0.2) is 43.4 Å². The second-order valence-corrected chi connectivity index (χ2v) is 11.8. The third-order valence-corrected chi connectivity index (χ3v) is 7.72. The van der Waals surface area contributed by atoms with E-state index in [-0.39, 0.29) is 23.7 Å². The van der Waals surface area contributed by atoms with Gasteiger partial charge in [-0.15, -0.1) is 11.3 Å². The Bertz CT molecular complexity index is 1490. The quantitative estimate of drug-likeness (QED) is 0.294. The van der Waals surface area contributed by atoms with Gasteiger partial charge in [0, 0.05) is 22.6 Å². The number of hydrogen-bond acceptors (Lipinski definition) is 7. The highest BCUT2D eigenvalue weighted by Crippen LogP contribution is 2.53. The van der Waals surface area contributed by atoms with E-state index in [0.29, 0.717) is 6.61 Å². The Morgan fingerprint density at radius 1 is 1.25 bits per heavy atom. The first-order valence-electron chi connectivity index (χ1n) is 12.4. The zero-order valence-electron chi connectivity index (χ0n) is 21.8. The largest absolute Gasteiger partial charge is 0.466 e. The molecule has 0 spiro atoms. The van der Waals surface area contributed by atoms with Crippen molar-refractivity contribution in [1.29, 1.82) is 0 Å². The number of pyridine rings is 1. The summed E-state index contributed by atoms with van der Waals surface area (Å²) in [5.74, 6) is 0.0224. The highest BCUT2D eigenvalue weighted by Gasteiger charge is 2.46. The number of esters is 1. The van der Waals surface area contributed by atoms with Crippen LogP contribution >= 0.6 is 11.3 Å². The lowest BCUT2D eigenvalue weighted by atomic mass is 9.99. The Kier molecular flexibility index (Phi) is 5.94. The predicted octanol–water partition coefficient (Wildman–Crippen LogP) is 6.29. The molecule has 4 aromatic heterocycles. The van der Waals surface area contributed by atoms with E-state index in [1.165, 1.54) is 6.33 Å². The van der Waals surface area contributed by atoms with E-state index in [9.17, 15) is 9.59 Å². The van der Waals surface area contributed by atoms with Gasteiger partial charge in [0.2, 0.25) is 0 Å². The first kappa shape index (κ1) is 24.5. The monoisotopic (exact) mass is 508 g/mol. The second-order valence-electron chi connectivity index (χ2n) is 10.7. The number of fused-ring (bicyclic) bond motifs is 2. The van der Waals surface area contributed by atoms with Crippen LogP contribution in [0, 0.1) is 12.8 Å². The fraction of sp³-hybridized carbons (Fsp3) is 0.481. The fourth-order valence-electron chi connectivity index (χ4n) is 4.85. The number of aryl methyl sites for hydroxylation is 1. The first-order chi connectivity index (χ1) is 17.0. The van der Waals surface area contributed by atoms with Gasteiger partial charge >= 0.3 is 12.1 Å². The van der Waals surface area contributed by atoms with Crippen molar-refractivity contribution in [2.75, 3.05) is 6.61 Å². The summed E-state index contributed by atoms with van der Waals surface area (Å²) in [6.07, 6.45) is 3.80. The molecule has 36 heavy (non-hydrogen) atoms. The Labute approximate surface area is 214 Å². The topological polar surface area (TPSA) is 87.7 Å². The zero-order valence-corrected chi connectivity index (χ0v) is 22.6. The third kappa shape index (κ3) is 4.19. The van der Waals surface area contributed by atoms with Gasteiger partial charge in [-0.05, 0) is 70.2 Å². The Morgan fingerprint density at radius 2 is 2.00 bits per heavy atom. The molecule has 0 radical (unpaired) electrons. The summed E-state index contributed by atoms with van der Waals surface area (Å²) in [6.45, 7) is 14.1. The lowest BCUT2D eigenvalue weighted by molar-refractivity contribution is -0.144. The van der Waals surface area contributed by atoms with Crippen LogP contribution in [-0.2, 0) is 14.3 Å². The zero-order chi connectivity index (χ0) is 25.9. The van der Waals surface area contributed by atoms with Gasteiger partial charge in [-0.1, -0.05) is 13.8 Å². The molecule has 4 heterocycles. The number of aromatic nitrogens is 4. The number of carbonyl (C=O) groups is 2. The molecular weight excluding hydrogens is 476 g/mol. The van der Waals surface area contributed by atoms with Gasteiger partial charge in [-0.3, -0.25) is 4.79 Å². The average Bonchev–Trinajstić information content (AvgIpc) is 3.10. The van der Waals surface area contributed by atoms with Gasteiger partial charge in [-0.25, -0.2) is 18.9 Å². The Morgan fingerprint density at radius 3 is 2.67 bits per heavy atom. The van der Waals surface area contributed by atoms with Crippen molar-refractivity contribution in [3.8, 4) is 11.3 Å². The van der Waals surface area contributed by atoms with Crippen LogP contribution in [0.5, 0.6) is 0 Å². The minimum atomic E-state index is -0.654. The first-order valence-corrected chi connectivity index (χ1v) is 13.2. The normalized spacial score (nSPS) is 17.8. The van der Waals surface area contributed by atoms with E-state index in [0.717, 1.165) is 49.5 Å². The molecule has 0 aromatic carbocycles. The summed E-state index contributed by atoms with van der Waals surface area (Å²) in [4.78, 5) is 31.4. The minimum Gasteiger partial charge on any atom is -0.466 e. The van der Waals surface area contributed by atoms with E-state index in [4.69, 9.17) is 9.47 Å². The molecule has 8 nitrogen and oxygen atoms in total. The summed E-state index contributed by atoms with van der Waals surface area (Å²) >= 11 is 1.67. The van der Waals surface area contributed by atoms with Crippen LogP contribution in [0.4, 0.5) is 4.79 Å². The van der Waals surface area contributed by atoms with Gasteiger partial charge in [0.25, 0.3) is 0 Å². The van der Waals surface area contributed by atoms with Crippen LogP contribution < -0.4 is 0 Å². The number of thiophene rings is 1. The van der Waals surface area contributed by atoms with E-state index in [1.807, 2.05) is 46.9 Å². The van der Waals surface area contributed by atoms with Crippen molar-refractivity contribution in [2.24, 2.45) is 5.92 Å². The van der Waals surface area contributed by atoms with E-state index in [2.05, 4.69) is 30.0 Å². The molecule has 5 rings (SSSR count). The molecule has 0 N–H and O–H groups in total. The highest BCUT2D eigenvalue weighted by molar-refractivity contribution is 7.19. The average molecular weight is 509 g/mol. The molecule has 0 bridgehead atoms. The predicted molar refractivity (Wildman–Crippen MR) is 140 cm³/mol. The SMILES string of the molecule is CCOC(=O)C1CC1c1cc2c(s1)c(C(C)C)c(-c1cc(C)c3ncnn3c1)n2C(=O)OC(C)(C)C. The molecular formula is C27H32N4O4S. The summed E-state index contributed by atoms with van der Waals surface area (Å²) in [5, 5.41) is 4.34. The second kappa shape index (κ2) is 8.73. The van der Waals surface area contributed by atoms with Crippen molar-refractivity contribution in [3.05, 3.63) is 40.7 Å². The fourth-order valence-corrected chi connectivity index (χ4v) is 6.37. The molecule has 1 saturated carbocycles. The van der Waals surface area contributed by atoms with Gasteiger partial charge in [0.15, 0.2) is 5.65 Å². The lowest BCUT2D eigenvalue weighted by Gasteiger charge is -2.21. The minimum absolute atomic E-state index is 0.109. The van der Waals surface area contributed by atoms with Gasteiger partial charge in [0.05, 0.1) is 28.4 Å². The maximum atomic E-state index is 13.7. The van der Waals surface area contributed by atoms with Crippen molar-refractivity contribution in [1.82, 2.24) is 19.2 Å². The summed E-state index contributed by atoms with van der Waals surface area (Å²) in [7, 11) is 0. The van der Waals surface area contributed by atoms with E-state index >= 15 is 0 Å². The molecule has 2 unspecified atom stereocenters. The number of ether oxygens (including phenoxy) is 2. The third-order valence-electron chi connectivity index (χ3n) is 6.43. The Hall–Kier alpha value is -3.20. The van der Waals surface area contributed by atoms with E-state index in [1.54, 1.807) is 20.4 Å². The standard InChI is InChI=1S/C27H32N4O4S/c1-8-34-25(32)18-10-17(18)20-11-19-23(36-20)21(14(2)3)22(31(19)26(33)35-27(5,6)7)16-9-15(4)24-28-13-29-30(24)12-16/h9,11-14,17-18H,8,10H2,1-7H3. The van der Waals surface area contributed by atoms with Crippen LogP contribution in [0.1, 0.15) is 75.8 Å². The molecule has 1 aliphatic carbocycles. The molecule has 1 aliphatic rings. The highest BCUT2D eigenvalue weighted by atomic mass is 32.1. The summed E-state index contributed by atoms with van der Waals surface area (Å²) in [6, 6.07) is 4.11. The smallest absolute Gasteiger partial charge is 0.419 e. The summed E-state index contributed by atoms with van der Waals surface area (Å²) in [5.41, 5.74) is 4.68. The number of hydrogen-bond donors (Lipinski definition) is 0. The molecule has 9 heteroatoms. The molecule has 0 amide bonds. The van der Waals surface area contributed by atoms with Crippen LogP contribution in [0.25, 0.3) is 27.1 Å². The lowest BCUT2D eigenvalue weighted by Crippen LogP contribution is -2.27. The Balaban J connectivity index is 1.72. The van der Waals surface area contributed by atoms with Crippen molar-refractivity contribution >= 4 is 39.3 Å². The number of rotatable bonds is 5. The summed E-state index contributed by atoms with van der Waals surface area (Å²) < 4.78 is 15.6. The number of carbonyl (C=O) groups excluding carboxylic acids is 2. The molecule has 2 atom stereocenters. The molecule has 4 aromatic rings. The van der Waals surface area contributed by atoms with Crippen molar-refractivity contribution in [3.63, 3.8) is 0 Å². The van der Waals surface area contributed by atoms with Crippen molar-refractivity contribution < 1.29 is 19.1 Å². The van der Waals surface area contributed by atoms with Gasteiger partial charge in [0.1, 0.15) is 11.9 Å². The van der Waals surface area contributed by atoms with Gasteiger partial charge in [-0.2, -0.15) is 5.10 Å². The molecule has 0 aliphatic heterocycles.